The smallest absolute Gasteiger partial charge is 0.416 e. The molecule has 0 aromatic heterocycles. The van der Waals surface area contributed by atoms with Crippen molar-refractivity contribution < 1.29 is 32.5 Å². The van der Waals surface area contributed by atoms with Crippen molar-refractivity contribution in [1.29, 1.82) is 0 Å². The Labute approximate surface area is 189 Å². The number of carbonyl (C=O) groups is 1. The summed E-state index contributed by atoms with van der Waals surface area (Å²) in [6.45, 7) is 2.16. The summed E-state index contributed by atoms with van der Waals surface area (Å²) in [6, 6.07) is 10.2. The predicted molar refractivity (Wildman–Crippen MR) is 112 cm³/mol. The molecule has 0 spiro atoms. The van der Waals surface area contributed by atoms with Gasteiger partial charge in [-0.2, -0.15) is 13.2 Å². The fourth-order valence-electron chi connectivity index (χ4n) is 3.16. The lowest BCUT2D eigenvalue weighted by Gasteiger charge is -2.32. The van der Waals surface area contributed by atoms with Crippen LogP contribution < -0.4 is 4.74 Å². The van der Waals surface area contributed by atoms with E-state index < -0.39 is 17.7 Å². The SMILES string of the molecule is Cl.O=C(O)CCN1CCOC(c2ccc(OCc3cc(C(F)(F)F)ccc3Cl)cc2)C1. The van der Waals surface area contributed by atoms with Gasteiger partial charge in [0.15, 0.2) is 0 Å². The summed E-state index contributed by atoms with van der Waals surface area (Å²) < 4.78 is 50.0. The zero-order chi connectivity index (χ0) is 21.7. The quantitative estimate of drug-likeness (QED) is 0.590. The monoisotopic (exact) mass is 479 g/mol. The van der Waals surface area contributed by atoms with E-state index in [0.717, 1.165) is 17.7 Å². The van der Waals surface area contributed by atoms with E-state index in [1.807, 2.05) is 17.0 Å². The second kappa shape index (κ2) is 11.0. The van der Waals surface area contributed by atoms with Gasteiger partial charge < -0.3 is 14.6 Å². The summed E-state index contributed by atoms with van der Waals surface area (Å²) in [6.07, 6.45) is -4.55. The first kappa shape index (κ1) is 25.3. The van der Waals surface area contributed by atoms with Gasteiger partial charge in [-0.15, -0.1) is 12.4 Å². The first-order valence-electron chi connectivity index (χ1n) is 9.36. The molecule has 0 aliphatic carbocycles. The zero-order valence-corrected chi connectivity index (χ0v) is 18.0. The molecule has 5 nitrogen and oxygen atoms in total. The highest BCUT2D eigenvalue weighted by Crippen LogP contribution is 2.32. The highest BCUT2D eigenvalue weighted by atomic mass is 35.5. The van der Waals surface area contributed by atoms with Crippen LogP contribution in [0.4, 0.5) is 13.2 Å². The molecule has 3 rings (SSSR count). The van der Waals surface area contributed by atoms with E-state index in [1.165, 1.54) is 6.07 Å². The van der Waals surface area contributed by atoms with Crippen molar-refractivity contribution in [2.75, 3.05) is 26.2 Å². The van der Waals surface area contributed by atoms with Gasteiger partial charge in [-0.25, -0.2) is 0 Å². The number of morpholine rings is 1. The van der Waals surface area contributed by atoms with Gasteiger partial charge in [0.05, 0.1) is 24.7 Å². The van der Waals surface area contributed by atoms with Crippen LogP contribution in [-0.2, 0) is 22.3 Å². The maximum absolute atomic E-state index is 12.9. The van der Waals surface area contributed by atoms with E-state index in [2.05, 4.69) is 0 Å². The Hall–Kier alpha value is -2.00. The number of benzene rings is 2. The van der Waals surface area contributed by atoms with Crippen molar-refractivity contribution in [3.8, 4) is 5.75 Å². The lowest BCUT2D eigenvalue weighted by molar-refractivity contribution is -0.138. The molecule has 170 valence electrons. The Morgan fingerprint density at radius 3 is 2.58 bits per heavy atom. The first-order valence-corrected chi connectivity index (χ1v) is 9.74. The summed E-state index contributed by atoms with van der Waals surface area (Å²) in [7, 11) is 0. The predicted octanol–water partition coefficient (Wildman–Crippen LogP) is 5.21. The van der Waals surface area contributed by atoms with Gasteiger partial charge >= 0.3 is 12.1 Å². The fraction of sp³-hybridized carbons (Fsp3) is 0.381. The van der Waals surface area contributed by atoms with Crippen molar-refractivity contribution >= 4 is 30.0 Å². The molecule has 0 saturated carbocycles. The largest absolute Gasteiger partial charge is 0.489 e. The number of aliphatic carboxylic acids is 1. The number of rotatable bonds is 7. The maximum atomic E-state index is 12.9. The number of ether oxygens (including phenoxy) is 2. The fourth-order valence-corrected chi connectivity index (χ4v) is 3.33. The van der Waals surface area contributed by atoms with Gasteiger partial charge in [0, 0.05) is 30.2 Å². The number of carboxylic acids is 1. The van der Waals surface area contributed by atoms with Crippen LogP contribution in [0.25, 0.3) is 0 Å². The molecular formula is C21H22Cl2F3NO4. The van der Waals surface area contributed by atoms with Crippen molar-refractivity contribution in [1.82, 2.24) is 4.90 Å². The third kappa shape index (κ3) is 7.28. The zero-order valence-electron chi connectivity index (χ0n) is 16.4. The molecule has 1 unspecified atom stereocenters. The minimum atomic E-state index is -4.45. The van der Waals surface area contributed by atoms with E-state index in [1.54, 1.807) is 12.1 Å². The molecule has 1 N–H and O–H groups in total. The molecular weight excluding hydrogens is 458 g/mol. The van der Waals surface area contributed by atoms with Crippen molar-refractivity contribution in [2.45, 2.75) is 25.3 Å². The second-order valence-electron chi connectivity index (χ2n) is 6.97. The molecule has 1 saturated heterocycles. The summed E-state index contributed by atoms with van der Waals surface area (Å²) in [5.41, 5.74) is 0.391. The molecule has 1 atom stereocenters. The molecule has 1 fully saturated rings. The number of nitrogens with zero attached hydrogens (tertiary/aromatic N) is 1. The summed E-state index contributed by atoms with van der Waals surface area (Å²) >= 11 is 5.99. The molecule has 10 heteroatoms. The van der Waals surface area contributed by atoms with E-state index in [4.69, 9.17) is 26.2 Å². The van der Waals surface area contributed by atoms with Crippen LogP contribution in [0.5, 0.6) is 5.75 Å². The molecule has 2 aromatic rings. The number of halogens is 5. The van der Waals surface area contributed by atoms with Gasteiger partial charge in [0.2, 0.25) is 0 Å². The average molecular weight is 480 g/mol. The Balaban J connectivity index is 0.00000341. The molecule has 31 heavy (non-hydrogen) atoms. The van der Waals surface area contributed by atoms with Crippen molar-refractivity contribution in [2.24, 2.45) is 0 Å². The molecule has 1 aliphatic rings. The molecule has 0 bridgehead atoms. The highest BCUT2D eigenvalue weighted by Gasteiger charge is 2.31. The van der Waals surface area contributed by atoms with Gasteiger partial charge in [0.1, 0.15) is 12.4 Å². The minimum Gasteiger partial charge on any atom is -0.489 e. The first-order chi connectivity index (χ1) is 14.2. The van der Waals surface area contributed by atoms with Crippen LogP contribution in [0, 0.1) is 0 Å². The van der Waals surface area contributed by atoms with Gasteiger partial charge in [0.25, 0.3) is 0 Å². The molecule has 1 heterocycles. The Morgan fingerprint density at radius 2 is 1.94 bits per heavy atom. The standard InChI is InChI=1S/C21H21ClF3NO4.ClH/c22-18-6-3-16(21(23,24)25)11-15(18)13-30-17-4-1-14(2-5-17)19-12-26(9-10-29-19)8-7-20(27)28;/h1-6,11,19H,7-10,12-13H2,(H,27,28);1H. The number of hydrogen-bond donors (Lipinski definition) is 1. The highest BCUT2D eigenvalue weighted by molar-refractivity contribution is 6.31. The molecule has 0 amide bonds. The number of hydrogen-bond acceptors (Lipinski definition) is 4. The van der Waals surface area contributed by atoms with Crippen molar-refractivity contribution in [3.63, 3.8) is 0 Å². The minimum absolute atomic E-state index is 0. The second-order valence-corrected chi connectivity index (χ2v) is 7.37. The lowest BCUT2D eigenvalue weighted by atomic mass is 10.1. The third-order valence-corrected chi connectivity index (χ3v) is 5.18. The van der Waals surface area contributed by atoms with Crippen molar-refractivity contribution in [3.05, 3.63) is 64.2 Å². The lowest BCUT2D eigenvalue weighted by Crippen LogP contribution is -2.39. The normalized spacial score (nSPS) is 17.1. The van der Waals surface area contributed by atoms with Crippen LogP contribution in [0.3, 0.4) is 0 Å². The van der Waals surface area contributed by atoms with Gasteiger partial charge in [-0.3, -0.25) is 9.69 Å². The Bertz CT molecular complexity index is 878. The van der Waals surface area contributed by atoms with Crippen LogP contribution in [0.1, 0.15) is 29.2 Å². The summed E-state index contributed by atoms with van der Waals surface area (Å²) in [5.74, 6) is -0.341. The molecule has 0 radical (unpaired) electrons. The van der Waals surface area contributed by atoms with Gasteiger partial charge in [-0.1, -0.05) is 23.7 Å². The van der Waals surface area contributed by atoms with Gasteiger partial charge in [-0.05, 0) is 35.9 Å². The van der Waals surface area contributed by atoms with Crippen LogP contribution in [0.15, 0.2) is 42.5 Å². The molecule has 2 aromatic carbocycles. The van der Waals surface area contributed by atoms with E-state index in [0.29, 0.717) is 32.0 Å². The number of carboxylic acid groups (broad SMARTS) is 1. The van der Waals surface area contributed by atoms with E-state index in [-0.39, 0.29) is 42.1 Å². The van der Waals surface area contributed by atoms with Crippen LogP contribution in [-0.4, -0.2) is 42.2 Å². The topological polar surface area (TPSA) is 59.0 Å². The Morgan fingerprint density at radius 1 is 1.23 bits per heavy atom. The van der Waals surface area contributed by atoms with Crippen LogP contribution >= 0.6 is 24.0 Å². The van der Waals surface area contributed by atoms with E-state index >= 15 is 0 Å². The molecule has 1 aliphatic heterocycles. The number of alkyl halides is 3. The average Bonchev–Trinajstić information content (AvgIpc) is 2.71. The van der Waals surface area contributed by atoms with E-state index in [9.17, 15) is 18.0 Å². The Kier molecular flexibility index (Phi) is 9.00. The third-order valence-electron chi connectivity index (χ3n) is 4.81. The maximum Gasteiger partial charge on any atom is 0.416 e. The van der Waals surface area contributed by atoms with Crippen LogP contribution in [0.2, 0.25) is 5.02 Å². The summed E-state index contributed by atoms with van der Waals surface area (Å²) in [5, 5.41) is 9.03. The summed E-state index contributed by atoms with van der Waals surface area (Å²) in [4.78, 5) is 12.8.